The number of sulfonamides is 1. The quantitative estimate of drug-likeness (QED) is 0.887. The Morgan fingerprint density at radius 1 is 1.39 bits per heavy atom. The van der Waals surface area contributed by atoms with Gasteiger partial charge < -0.3 is 5.32 Å². The number of halogens is 3. The van der Waals surface area contributed by atoms with Gasteiger partial charge in [-0.15, -0.1) is 0 Å². The summed E-state index contributed by atoms with van der Waals surface area (Å²) in [5.74, 6) is -0.0431. The molecule has 1 heterocycles. The Morgan fingerprint density at radius 2 is 2.04 bits per heavy atom. The molecule has 126 valence electrons. The predicted molar refractivity (Wildman–Crippen MR) is 79.2 cm³/mol. The van der Waals surface area contributed by atoms with Gasteiger partial charge in [0.05, 0.1) is 22.9 Å². The molecule has 1 aromatic carbocycles. The molecule has 1 aromatic rings. The highest BCUT2D eigenvalue weighted by atomic mass is 32.2. The van der Waals surface area contributed by atoms with Crippen LogP contribution >= 0.6 is 0 Å². The standard InChI is InChI=1S/C14H16F3N3O2S/c1-2-23(21,22)20-8-11(9-20)7-19-13-5-10(6-18)3-4-12(13)14(15,16)17/h3-5,11,19H,2,7-9H2,1H3. The Bertz CT molecular complexity index is 720. The van der Waals surface area contributed by atoms with Crippen LogP contribution in [0.3, 0.4) is 0 Å². The van der Waals surface area contributed by atoms with Gasteiger partial charge in [-0.25, -0.2) is 12.7 Å². The maximum atomic E-state index is 13.0. The van der Waals surface area contributed by atoms with Crippen LogP contribution < -0.4 is 5.32 Å². The Hall–Kier alpha value is -1.79. The molecule has 1 aliphatic rings. The Kier molecular flexibility index (Phi) is 4.87. The Balaban J connectivity index is 2.03. The maximum absolute atomic E-state index is 13.0. The topological polar surface area (TPSA) is 73.2 Å². The number of nitriles is 1. The van der Waals surface area contributed by atoms with Crippen molar-refractivity contribution in [1.29, 1.82) is 5.26 Å². The first-order valence-electron chi connectivity index (χ1n) is 7.00. The predicted octanol–water partition coefficient (Wildman–Crippen LogP) is 2.27. The minimum absolute atomic E-state index is 0.00951. The molecular weight excluding hydrogens is 331 g/mol. The van der Waals surface area contributed by atoms with Crippen molar-refractivity contribution in [2.24, 2.45) is 5.92 Å². The Morgan fingerprint density at radius 3 is 2.57 bits per heavy atom. The summed E-state index contributed by atoms with van der Waals surface area (Å²) in [6, 6.07) is 4.94. The molecule has 1 saturated heterocycles. The fourth-order valence-electron chi connectivity index (χ4n) is 2.32. The second-order valence-corrected chi connectivity index (χ2v) is 7.59. The number of benzene rings is 1. The summed E-state index contributed by atoms with van der Waals surface area (Å²) in [5, 5.41) is 11.5. The van der Waals surface area contributed by atoms with E-state index in [9.17, 15) is 21.6 Å². The van der Waals surface area contributed by atoms with Crippen molar-refractivity contribution in [3.63, 3.8) is 0 Å². The van der Waals surface area contributed by atoms with Crippen molar-refractivity contribution in [3.8, 4) is 6.07 Å². The molecule has 0 unspecified atom stereocenters. The van der Waals surface area contributed by atoms with E-state index in [1.54, 1.807) is 13.0 Å². The van der Waals surface area contributed by atoms with Crippen LogP contribution in [0.5, 0.6) is 0 Å². The number of rotatable bonds is 5. The smallest absolute Gasteiger partial charge is 0.384 e. The van der Waals surface area contributed by atoms with Gasteiger partial charge in [0, 0.05) is 31.2 Å². The van der Waals surface area contributed by atoms with E-state index < -0.39 is 21.8 Å². The number of anilines is 1. The highest BCUT2D eigenvalue weighted by molar-refractivity contribution is 7.89. The summed E-state index contributed by atoms with van der Waals surface area (Å²) in [4.78, 5) is 0. The van der Waals surface area contributed by atoms with Gasteiger partial charge in [0.15, 0.2) is 0 Å². The molecule has 1 aliphatic heterocycles. The van der Waals surface area contributed by atoms with Gasteiger partial charge in [-0.2, -0.15) is 18.4 Å². The molecule has 5 nitrogen and oxygen atoms in total. The fraction of sp³-hybridized carbons (Fsp3) is 0.500. The summed E-state index contributed by atoms with van der Waals surface area (Å²) in [7, 11) is -3.24. The summed E-state index contributed by atoms with van der Waals surface area (Å²) in [6.45, 7) is 2.35. The molecule has 0 spiro atoms. The van der Waals surface area contributed by atoms with E-state index >= 15 is 0 Å². The average Bonchev–Trinajstić information content (AvgIpc) is 2.44. The second kappa shape index (κ2) is 6.37. The van der Waals surface area contributed by atoms with Crippen LogP contribution in [0.2, 0.25) is 0 Å². The first-order chi connectivity index (χ1) is 10.7. The van der Waals surface area contributed by atoms with Crippen molar-refractivity contribution in [1.82, 2.24) is 4.31 Å². The van der Waals surface area contributed by atoms with Crippen LogP contribution in [0, 0.1) is 17.2 Å². The molecule has 0 radical (unpaired) electrons. The molecule has 0 bridgehead atoms. The zero-order valence-corrected chi connectivity index (χ0v) is 13.2. The van der Waals surface area contributed by atoms with E-state index in [0.29, 0.717) is 13.1 Å². The molecule has 0 aromatic heterocycles. The lowest BCUT2D eigenvalue weighted by Crippen LogP contribution is -2.52. The van der Waals surface area contributed by atoms with Crippen molar-refractivity contribution in [2.75, 3.05) is 30.7 Å². The van der Waals surface area contributed by atoms with Gasteiger partial charge in [0.1, 0.15) is 0 Å². The number of alkyl halides is 3. The first-order valence-corrected chi connectivity index (χ1v) is 8.61. The van der Waals surface area contributed by atoms with E-state index in [0.717, 1.165) is 18.2 Å². The van der Waals surface area contributed by atoms with E-state index in [1.807, 2.05) is 0 Å². The van der Waals surface area contributed by atoms with Crippen LogP contribution in [0.1, 0.15) is 18.1 Å². The summed E-state index contributed by atoms with van der Waals surface area (Å²) in [5.41, 5.74) is -0.869. The van der Waals surface area contributed by atoms with Crippen LogP contribution in [0.25, 0.3) is 0 Å². The largest absolute Gasteiger partial charge is 0.418 e. The van der Waals surface area contributed by atoms with E-state index in [2.05, 4.69) is 5.32 Å². The lowest BCUT2D eigenvalue weighted by atomic mass is 10.0. The minimum atomic E-state index is -4.52. The highest BCUT2D eigenvalue weighted by Crippen LogP contribution is 2.35. The maximum Gasteiger partial charge on any atom is 0.418 e. The number of hydrogen-bond donors (Lipinski definition) is 1. The van der Waals surface area contributed by atoms with Gasteiger partial charge in [-0.05, 0) is 25.1 Å². The molecule has 0 saturated carbocycles. The molecule has 9 heteroatoms. The Labute approximate surface area is 132 Å². The first kappa shape index (κ1) is 17.6. The zero-order valence-electron chi connectivity index (χ0n) is 12.4. The molecule has 0 amide bonds. The third kappa shape index (κ3) is 3.95. The van der Waals surface area contributed by atoms with E-state index in [1.165, 1.54) is 4.31 Å². The zero-order chi connectivity index (χ0) is 17.3. The van der Waals surface area contributed by atoms with Crippen LogP contribution in [0.15, 0.2) is 18.2 Å². The lowest BCUT2D eigenvalue weighted by molar-refractivity contribution is -0.137. The van der Waals surface area contributed by atoms with Crippen LogP contribution in [-0.4, -0.2) is 38.1 Å². The van der Waals surface area contributed by atoms with Gasteiger partial charge in [-0.3, -0.25) is 0 Å². The fourth-order valence-corrected chi connectivity index (χ4v) is 3.56. The molecule has 1 N–H and O–H groups in total. The summed E-state index contributed by atoms with van der Waals surface area (Å²) in [6.07, 6.45) is -4.52. The number of hydrogen-bond acceptors (Lipinski definition) is 4. The molecule has 0 atom stereocenters. The molecule has 0 aliphatic carbocycles. The molecule has 1 fully saturated rings. The van der Waals surface area contributed by atoms with Gasteiger partial charge >= 0.3 is 6.18 Å². The van der Waals surface area contributed by atoms with Gasteiger partial charge in [0.25, 0.3) is 0 Å². The van der Waals surface area contributed by atoms with Crippen molar-refractivity contribution < 1.29 is 21.6 Å². The third-order valence-electron chi connectivity index (χ3n) is 3.72. The van der Waals surface area contributed by atoms with E-state index in [4.69, 9.17) is 5.26 Å². The SMILES string of the molecule is CCS(=O)(=O)N1CC(CNc2cc(C#N)ccc2C(F)(F)F)C1. The summed E-state index contributed by atoms with van der Waals surface area (Å²) < 4.78 is 63.4. The normalized spacial score (nSPS) is 16.7. The summed E-state index contributed by atoms with van der Waals surface area (Å²) >= 11 is 0. The molecular formula is C14H16F3N3O2S. The monoisotopic (exact) mass is 347 g/mol. The van der Waals surface area contributed by atoms with E-state index in [-0.39, 0.29) is 29.5 Å². The van der Waals surface area contributed by atoms with Crippen molar-refractivity contribution >= 4 is 15.7 Å². The van der Waals surface area contributed by atoms with Crippen molar-refractivity contribution in [3.05, 3.63) is 29.3 Å². The number of nitrogens with one attached hydrogen (secondary N) is 1. The number of nitrogens with zero attached hydrogens (tertiary/aromatic N) is 2. The van der Waals surface area contributed by atoms with Crippen LogP contribution in [0.4, 0.5) is 18.9 Å². The minimum Gasteiger partial charge on any atom is -0.384 e. The second-order valence-electron chi connectivity index (χ2n) is 5.33. The highest BCUT2D eigenvalue weighted by Gasteiger charge is 2.36. The van der Waals surface area contributed by atoms with Crippen molar-refractivity contribution in [2.45, 2.75) is 13.1 Å². The van der Waals surface area contributed by atoms with Gasteiger partial charge in [0.2, 0.25) is 10.0 Å². The van der Waals surface area contributed by atoms with Gasteiger partial charge in [-0.1, -0.05) is 0 Å². The average molecular weight is 347 g/mol. The third-order valence-corrected chi connectivity index (χ3v) is 5.53. The molecule has 23 heavy (non-hydrogen) atoms. The van der Waals surface area contributed by atoms with Crippen LogP contribution in [-0.2, 0) is 16.2 Å². The lowest BCUT2D eigenvalue weighted by Gasteiger charge is -2.38. The molecule has 2 rings (SSSR count).